The third kappa shape index (κ3) is 7.41. The van der Waals surface area contributed by atoms with E-state index in [1.165, 1.54) is 5.56 Å². The van der Waals surface area contributed by atoms with Gasteiger partial charge in [0.05, 0.1) is 6.54 Å². The average molecular weight is 457 g/mol. The van der Waals surface area contributed by atoms with Gasteiger partial charge in [0.1, 0.15) is 0 Å². The van der Waals surface area contributed by atoms with Gasteiger partial charge in [-0.15, -0.1) is 24.0 Å². The Labute approximate surface area is 166 Å². The van der Waals surface area contributed by atoms with Crippen molar-refractivity contribution in [1.29, 1.82) is 0 Å². The number of aliphatic imine (C=N–C) groups is 1. The van der Waals surface area contributed by atoms with Crippen LogP contribution < -0.4 is 10.6 Å². The van der Waals surface area contributed by atoms with Crippen LogP contribution in [0.15, 0.2) is 39.8 Å². The quantitative estimate of drug-likeness (QED) is 0.302. The van der Waals surface area contributed by atoms with Crippen LogP contribution in [0.4, 0.5) is 0 Å². The first-order valence-electron chi connectivity index (χ1n) is 8.30. The minimum atomic E-state index is -0.136. The number of halogens is 1. The summed E-state index contributed by atoms with van der Waals surface area (Å²) < 4.78 is 5.28. The van der Waals surface area contributed by atoms with Crippen LogP contribution in [0.2, 0.25) is 0 Å². The number of aromatic nitrogens is 2. The molecule has 1 aromatic carbocycles. The molecular formula is C18H28IN5O. The van der Waals surface area contributed by atoms with Crippen molar-refractivity contribution >= 4 is 29.9 Å². The molecule has 0 bridgehead atoms. The Morgan fingerprint density at radius 2 is 1.88 bits per heavy atom. The fourth-order valence-corrected chi connectivity index (χ4v) is 2.16. The predicted octanol–water partition coefficient (Wildman–Crippen LogP) is 3.28. The van der Waals surface area contributed by atoms with Gasteiger partial charge in [0.2, 0.25) is 5.89 Å². The summed E-state index contributed by atoms with van der Waals surface area (Å²) in [6.07, 6.45) is 2.09. The Bertz CT molecular complexity index is 649. The fraction of sp³-hybridized carbons (Fsp3) is 0.500. The summed E-state index contributed by atoms with van der Waals surface area (Å²) in [6, 6.07) is 10.5. The first-order chi connectivity index (χ1) is 11.5. The minimum Gasteiger partial charge on any atom is -0.356 e. The zero-order valence-electron chi connectivity index (χ0n) is 15.4. The molecule has 25 heavy (non-hydrogen) atoms. The summed E-state index contributed by atoms with van der Waals surface area (Å²) in [5, 5.41) is 10.5. The predicted molar refractivity (Wildman–Crippen MR) is 111 cm³/mol. The van der Waals surface area contributed by atoms with Crippen molar-refractivity contribution in [3.05, 3.63) is 47.6 Å². The molecule has 0 atom stereocenters. The van der Waals surface area contributed by atoms with Gasteiger partial charge in [-0.05, 0) is 18.4 Å². The van der Waals surface area contributed by atoms with Crippen LogP contribution in [0.1, 0.15) is 44.5 Å². The maximum Gasteiger partial charge on any atom is 0.232 e. The van der Waals surface area contributed by atoms with Crippen LogP contribution in [-0.2, 0) is 18.4 Å². The molecule has 0 spiro atoms. The fourth-order valence-electron chi connectivity index (χ4n) is 2.16. The first-order valence-corrected chi connectivity index (χ1v) is 8.30. The summed E-state index contributed by atoms with van der Waals surface area (Å²) in [7, 11) is 1.75. The third-order valence-electron chi connectivity index (χ3n) is 3.52. The number of hydrogen-bond acceptors (Lipinski definition) is 4. The van der Waals surface area contributed by atoms with Gasteiger partial charge in [0.15, 0.2) is 11.8 Å². The van der Waals surface area contributed by atoms with Crippen molar-refractivity contribution in [3.8, 4) is 0 Å². The normalized spacial score (nSPS) is 11.8. The lowest BCUT2D eigenvalue weighted by Crippen LogP contribution is -2.37. The molecule has 0 aliphatic rings. The number of guanidine groups is 1. The number of nitrogens with zero attached hydrogens (tertiary/aromatic N) is 3. The Kier molecular flexibility index (Phi) is 8.88. The maximum atomic E-state index is 5.28. The summed E-state index contributed by atoms with van der Waals surface area (Å²) in [4.78, 5) is 8.61. The topological polar surface area (TPSA) is 75.3 Å². The van der Waals surface area contributed by atoms with Crippen molar-refractivity contribution in [3.63, 3.8) is 0 Å². The van der Waals surface area contributed by atoms with E-state index in [1.807, 2.05) is 26.8 Å². The molecule has 0 aliphatic heterocycles. The van der Waals surface area contributed by atoms with Crippen molar-refractivity contribution < 1.29 is 4.52 Å². The van der Waals surface area contributed by atoms with Gasteiger partial charge in [0, 0.05) is 19.0 Å². The number of nitrogens with one attached hydrogen (secondary N) is 2. The molecule has 138 valence electrons. The van der Waals surface area contributed by atoms with E-state index in [1.54, 1.807) is 7.05 Å². The molecule has 2 aromatic rings. The second kappa shape index (κ2) is 10.4. The highest BCUT2D eigenvalue weighted by atomic mass is 127. The lowest BCUT2D eigenvalue weighted by atomic mass is 9.97. The summed E-state index contributed by atoms with van der Waals surface area (Å²) in [6.45, 7) is 7.48. The van der Waals surface area contributed by atoms with E-state index in [9.17, 15) is 0 Å². The Hall–Kier alpha value is -1.64. The lowest BCUT2D eigenvalue weighted by molar-refractivity contribution is 0.318. The highest BCUT2D eigenvalue weighted by Gasteiger charge is 2.21. The van der Waals surface area contributed by atoms with Crippen molar-refractivity contribution in [2.24, 2.45) is 4.99 Å². The average Bonchev–Trinajstić information content (AvgIpc) is 3.04. The smallest absolute Gasteiger partial charge is 0.232 e. The highest BCUT2D eigenvalue weighted by Crippen LogP contribution is 2.19. The largest absolute Gasteiger partial charge is 0.356 e. The van der Waals surface area contributed by atoms with Crippen molar-refractivity contribution in [2.45, 2.75) is 45.6 Å². The Morgan fingerprint density at radius 1 is 1.16 bits per heavy atom. The second-order valence-electron chi connectivity index (χ2n) is 6.71. The SMILES string of the molecule is CN=C(NCCCc1ccccc1)NCc1noc(C(C)(C)C)n1.I. The van der Waals surface area contributed by atoms with Gasteiger partial charge in [0.25, 0.3) is 0 Å². The molecule has 0 aliphatic carbocycles. The number of hydrogen-bond donors (Lipinski definition) is 2. The zero-order valence-corrected chi connectivity index (χ0v) is 17.7. The number of aryl methyl sites for hydroxylation is 1. The lowest BCUT2D eigenvalue weighted by Gasteiger charge is -2.11. The maximum absolute atomic E-state index is 5.28. The summed E-state index contributed by atoms with van der Waals surface area (Å²) in [5.41, 5.74) is 1.21. The van der Waals surface area contributed by atoms with Gasteiger partial charge < -0.3 is 15.2 Å². The molecule has 0 radical (unpaired) electrons. The molecule has 1 aromatic heterocycles. The molecule has 6 nitrogen and oxygen atoms in total. The van der Waals surface area contributed by atoms with Gasteiger partial charge in [-0.2, -0.15) is 4.98 Å². The highest BCUT2D eigenvalue weighted by molar-refractivity contribution is 14.0. The first kappa shape index (κ1) is 21.4. The Balaban J connectivity index is 0.00000312. The molecule has 0 fully saturated rings. The van der Waals surface area contributed by atoms with E-state index in [2.05, 4.69) is 50.0 Å². The molecule has 2 N–H and O–H groups in total. The molecule has 7 heteroatoms. The zero-order chi connectivity index (χ0) is 17.4. The van der Waals surface area contributed by atoms with E-state index < -0.39 is 0 Å². The van der Waals surface area contributed by atoms with Crippen LogP contribution in [0, 0.1) is 0 Å². The monoisotopic (exact) mass is 457 g/mol. The standard InChI is InChI=1S/C18H27N5O.HI/c1-18(2,3)16-22-15(23-24-16)13-21-17(19-4)20-12-8-11-14-9-6-5-7-10-14;/h5-7,9-10H,8,11-13H2,1-4H3,(H2,19,20,21);1H. The molecular weight excluding hydrogens is 429 g/mol. The minimum absolute atomic E-state index is 0. The van der Waals surface area contributed by atoms with Gasteiger partial charge in [-0.3, -0.25) is 4.99 Å². The van der Waals surface area contributed by atoms with Gasteiger partial charge >= 0.3 is 0 Å². The van der Waals surface area contributed by atoms with E-state index in [-0.39, 0.29) is 29.4 Å². The molecule has 2 rings (SSSR count). The van der Waals surface area contributed by atoms with Crippen molar-refractivity contribution in [2.75, 3.05) is 13.6 Å². The van der Waals surface area contributed by atoms with Crippen LogP contribution in [0.25, 0.3) is 0 Å². The number of benzene rings is 1. The molecule has 0 saturated carbocycles. The van der Waals surface area contributed by atoms with Crippen LogP contribution in [0.5, 0.6) is 0 Å². The van der Waals surface area contributed by atoms with Crippen LogP contribution in [-0.4, -0.2) is 29.7 Å². The van der Waals surface area contributed by atoms with E-state index in [0.29, 0.717) is 18.3 Å². The van der Waals surface area contributed by atoms with Crippen molar-refractivity contribution in [1.82, 2.24) is 20.8 Å². The molecule has 0 amide bonds. The van der Waals surface area contributed by atoms with Gasteiger partial charge in [-0.1, -0.05) is 56.3 Å². The third-order valence-corrected chi connectivity index (χ3v) is 3.52. The molecule has 0 saturated heterocycles. The summed E-state index contributed by atoms with van der Waals surface area (Å²) in [5.74, 6) is 2.02. The molecule has 1 heterocycles. The van der Waals surface area contributed by atoms with Crippen LogP contribution >= 0.6 is 24.0 Å². The van der Waals surface area contributed by atoms with Gasteiger partial charge in [-0.25, -0.2) is 0 Å². The summed E-state index contributed by atoms with van der Waals surface area (Å²) >= 11 is 0. The Morgan fingerprint density at radius 3 is 2.48 bits per heavy atom. The van der Waals surface area contributed by atoms with E-state index in [4.69, 9.17) is 4.52 Å². The van der Waals surface area contributed by atoms with Crippen LogP contribution in [0.3, 0.4) is 0 Å². The molecule has 0 unspecified atom stereocenters. The van der Waals surface area contributed by atoms with E-state index in [0.717, 1.165) is 25.3 Å². The second-order valence-corrected chi connectivity index (χ2v) is 6.71. The van der Waals surface area contributed by atoms with E-state index >= 15 is 0 Å². The number of rotatable bonds is 6.